The van der Waals surface area contributed by atoms with Gasteiger partial charge in [0.05, 0.1) is 0 Å². The summed E-state index contributed by atoms with van der Waals surface area (Å²) < 4.78 is 25.7. The first kappa shape index (κ1) is 14.8. The van der Waals surface area contributed by atoms with E-state index in [9.17, 15) is 13.2 Å². The first-order valence-corrected chi connectivity index (χ1v) is 7.29. The summed E-state index contributed by atoms with van der Waals surface area (Å²) >= 11 is 0. The lowest BCUT2D eigenvalue weighted by molar-refractivity contribution is 0.102. The van der Waals surface area contributed by atoms with Gasteiger partial charge in [-0.3, -0.25) is 4.79 Å². The predicted molar refractivity (Wildman–Crippen MR) is 68.9 cm³/mol. The van der Waals surface area contributed by atoms with Gasteiger partial charge in [0.2, 0.25) is 10.0 Å². The van der Waals surface area contributed by atoms with E-state index >= 15 is 0 Å². The van der Waals surface area contributed by atoms with Crippen LogP contribution in [0.4, 0.5) is 0 Å². The van der Waals surface area contributed by atoms with E-state index in [1.165, 1.54) is 0 Å². The van der Waals surface area contributed by atoms with Crippen LogP contribution in [0.1, 0.15) is 23.7 Å². The molecule has 0 aliphatic carbocycles. The Kier molecular flexibility index (Phi) is 5.46. The van der Waals surface area contributed by atoms with E-state index in [1.807, 2.05) is 0 Å². The largest absolute Gasteiger partial charge is 0.396 e. The van der Waals surface area contributed by atoms with Gasteiger partial charge in [-0.15, -0.1) is 0 Å². The number of aliphatic hydroxyl groups is 1. The number of hydrogen-bond acceptors (Lipinski definition) is 4. The van der Waals surface area contributed by atoms with Crippen LogP contribution in [0.5, 0.6) is 0 Å². The second-order valence-corrected chi connectivity index (χ2v) is 5.83. The van der Waals surface area contributed by atoms with Crippen LogP contribution >= 0.6 is 0 Å². The third kappa shape index (κ3) is 4.95. The average Bonchev–Trinajstić information content (AvgIpc) is 2.29. The quantitative estimate of drug-likeness (QED) is 0.710. The molecule has 0 spiro atoms. The van der Waals surface area contributed by atoms with Crippen LogP contribution in [0, 0.1) is 0 Å². The van der Waals surface area contributed by atoms with Crippen molar-refractivity contribution in [3.63, 3.8) is 0 Å². The molecule has 0 amide bonds. The molecular formula is C12H17NO4S. The highest BCUT2D eigenvalue weighted by atomic mass is 32.2. The van der Waals surface area contributed by atoms with Crippen LogP contribution in [-0.4, -0.2) is 37.7 Å². The molecule has 0 heterocycles. The zero-order chi connectivity index (χ0) is 13.6. The van der Waals surface area contributed by atoms with Gasteiger partial charge in [0.15, 0.2) is 5.78 Å². The molecule has 1 atom stereocenters. The fourth-order valence-electron chi connectivity index (χ4n) is 1.48. The van der Waals surface area contributed by atoms with Crippen molar-refractivity contribution in [1.82, 2.24) is 4.72 Å². The first-order valence-electron chi connectivity index (χ1n) is 5.63. The Morgan fingerprint density at radius 1 is 1.33 bits per heavy atom. The molecule has 1 aromatic carbocycles. The molecule has 1 unspecified atom stereocenters. The minimum atomic E-state index is -3.66. The van der Waals surface area contributed by atoms with Gasteiger partial charge in [-0.2, -0.15) is 0 Å². The molecule has 1 rings (SSSR count). The molecule has 0 saturated heterocycles. The van der Waals surface area contributed by atoms with Crippen LogP contribution < -0.4 is 4.72 Å². The Hall–Kier alpha value is -1.24. The third-order valence-electron chi connectivity index (χ3n) is 2.36. The number of carbonyl (C=O) groups excluding carboxylic acids is 1. The molecule has 0 aliphatic heterocycles. The molecule has 1 aromatic rings. The fourth-order valence-corrected chi connectivity index (χ4v) is 2.81. The topological polar surface area (TPSA) is 83.5 Å². The van der Waals surface area contributed by atoms with Crippen LogP contribution in [0.15, 0.2) is 30.3 Å². The summed E-state index contributed by atoms with van der Waals surface area (Å²) in [5.41, 5.74) is 0.373. The minimum absolute atomic E-state index is 0.101. The molecule has 0 radical (unpaired) electrons. The molecule has 0 saturated carbocycles. The lowest BCUT2D eigenvalue weighted by Gasteiger charge is -2.12. The van der Waals surface area contributed by atoms with Gasteiger partial charge in [0.1, 0.15) is 5.75 Å². The summed E-state index contributed by atoms with van der Waals surface area (Å²) in [6.07, 6.45) is 0.318. The summed E-state index contributed by atoms with van der Waals surface area (Å²) in [6.45, 7) is 1.54. The second kappa shape index (κ2) is 6.63. The molecule has 0 bridgehead atoms. The molecule has 2 N–H and O–H groups in total. The maximum atomic E-state index is 11.7. The Morgan fingerprint density at radius 2 is 1.94 bits per heavy atom. The van der Waals surface area contributed by atoms with Crippen LogP contribution in [0.3, 0.4) is 0 Å². The molecule has 0 aromatic heterocycles. The fraction of sp³-hybridized carbons (Fsp3) is 0.417. The molecule has 6 heteroatoms. The molecule has 0 fully saturated rings. The zero-order valence-corrected chi connectivity index (χ0v) is 11.0. The van der Waals surface area contributed by atoms with E-state index in [2.05, 4.69) is 4.72 Å². The monoisotopic (exact) mass is 271 g/mol. The van der Waals surface area contributed by atoms with Crippen molar-refractivity contribution in [3.05, 3.63) is 35.9 Å². The Balaban J connectivity index is 2.64. The number of nitrogens with one attached hydrogen (secondary N) is 1. The number of Topliss-reactive ketones (excluding diaryl/α,β-unsaturated/α-hetero) is 1. The second-order valence-electron chi connectivity index (χ2n) is 4.08. The van der Waals surface area contributed by atoms with E-state index in [0.29, 0.717) is 12.0 Å². The van der Waals surface area contributed by atoms with Gasteiger partial charge in [-0.1, -0.05) is 30.3 Å². The number of rotatable bonds is 7. The normalized spacial score (nSPS) is 13.2. The van der Waals surface area contributed by atoms with Crippen molar-refractivity contribution in [2.75, 3.05) is 12.4 Å². The Morgan fingerprint density at radius 3 is 2.50 bits per heavy atom. The molecule has 5 nitrogen and oxygen atoms in total. The molecule has 18 heavy (non-hydrogen) atoms. The van der Waals surface area contributed by atoms with Gasteiger partial charge in [-0.05, 0) is 13.3 Å². The van der Waals surface area contributed by atoms with Crippen LogP contribution in [0.25, 0.3) is 0 Å². The molecular weight excluding hydrogens is 254 g/mol. The first-order chi connectivity index (χ1) is 8.44. The van der Waals surface area contributed by atoms with E-state index < -0.39 is 21.6 Å². The number of hydrogen-bond donors (Lipinski definition) is 2. The number of sulfonamides is 1. The maximum Gasteiger partial charge on any atom is 0.219 e. The van der Waals surface area contributed by atoms with Crippen molar-refractivity contribution in [3.8, 4) is 0 Å². The summed E-state index contributed by atoms with van der Waals surface area (Å²) in [4.78, 5) is 11.7. The highest BCUT2D eigenvalue weighted by Gasteiger charge is 2.19. The maximum absolute atomic E-state index is 11.7. The van der Waals surface area contributed by atoms with Crippen LogP contribution in [0.2, 0.25) is 0 Å². The number of ketones is 1. The summed E-state index contributed by atoms with van der Waals surface area (Å²) in [5.74, 6) is -1.02. The van der Waals surface area contributed by atoms with Gasteiger partial charge in [0, 0.05) is 18.2 Å². The number of carbonyl (C=O) groups is 1. The van der Waals surface area contributed by atoms with Gasteiger partial charge in [0.25, 0.3) is 0 Å². The van der Waals surface area contributed by atoms with E-state index in [0.717, 1.165) is 0 Å². The highest BCUT2D eigenvalue weighted by molar-refractivity contribution is 7.90. The standard InChI is InChI=1S/C12H17NO4S/c1-10(7-8-14)13-18(16,17)9-12(15)11-5-3-2-4-6-11/h2-6,10,13-14H,7-9H2,1H3. The Bertz CT molecular complexity index is 484. The number of benzene rings is 1. The van der Waals surface area contributed by atoms with Gasteiger partial charge < -0.3 is 5.11 Å². The number of aliphatic hydroxyl groups excluding tert-OH is 1. The summed E-state index contributed by atoms with van der Waals surface area (Å²) in [5, 5.41) is 8.69. The zero-order valence-electron chi connectivity index (χ0n) is 10.2. The molecule has 100 valence electrons. The Labute approximate surface area is 107 Å². The van der Waals surface area contributed by atoms with E-state index in [-0.39, 0.29) is 12.6 Å². The lowest BCUT2D eigenvalue weighted by Crippen LogP contribution is -2.37. The van der Waals surface area contributed by atoms with Crippen molar-refractivity contribution in [1.29, 1.82) is 0 Å². The van der Waals surface area contributed by atoms with Crippen LogP contribution in [-0.2, 0) is 10.0 Å². The summed E-state index contributed by atoms with van der Waals surface area (Å²) in [7, 11) is -3.66. The smallest absolute Gasteiger partial charge is 0.219 e. The van der Waals surface area contributed by atoms with Gasteiger partial charge >= 0.3 is 0 Å². The molecule has 0 aliphatic rings. The van der Waals surface area contributed by atoms with E-state index in [1.54, 1.807) is 37.3 Å². The summed E-state index contributed by atoms with van der Waals surface area (Å²) in [6, 6.07) is 7.89. The lowest BCUT2D eigenvalue weighted by atomic mass is 10.2. The van der Waals surface area contributed by atoms with Crippen molar-refractivity contribution in [2.24, 2.45) is 0 Å². The average molecular weight is 271 g/mol. The predicted octanol–water partition coefficient (Wildman–Crippen LogP) is 0.560. The third-order valence-corrected chi connectivity index (χ3v) is 3.76. The van der Waals surface area contributed by atoms with E-state index in [4.69, 9.17) is 5.11 Å². The van der Waals surface area contributed by atoms with Crippen molar-refractivity contribution < 1.29 is 18.3 Å². The highest BCUT2D eigenvalue weighted by Crippen LogP contribution is 2.03. The SMILES string of the molecule is CC(CCO)NS(=O)(=O)CC(=O)c1ccccc1. The van der Waals surface area contributed by atoms with Gasteiger partial charge in [-0.25, -0.2) is 13.1 Å². The van der Waals surface area contributed by atoms with Crippen molar-refractivity contribution >= 4 is 15.8 Å². The van der Waals surface area contributed by atoms with Crippen molar-refractivity contribution in [2.45, 2.75) is 19.4 Å². The minimum Gasteiger partial charge on any atom is -0.396 e.